The van der Waals surface area contributed by atoms with Crippen molar-refractivity contribution in [3.8, 4) is 11.4 Å². The maximum absolute atomic E-state index is 4.78. The van der Waals surface area contributed by atoms with Crippen molar-refractivity contribution < 1.29 is 0 Å². The average Bonchev–Trinajstić information content (AvgIpc) is 2.62. The normalized spacial score (nSPS) is 12.5. The van der Waals surface area contributed by atoms with E-state index in [-0.39, 0.29) is 0 Å². The van der Waals surface area contributed by atoms with E-state index in [2.05, 4.69) is 60.8 Å². The van der Waals surface area contributed by atoms with E-state index < -0.39 is 0 Å². The first-order valence-corrected chi connectivity index (χ1v) is 8.69. The molecule has 0 unspecified atom stereocenters. The molecule has 0 radical (unpaired) electrons. The standard InChI is InChI=1S/C20H26N4/c1-5-8-16(7-3)19(22-11-6-2)18-10-9-17(12-15(18)4)20-23-13-21-14-24-20/h9-14H,5-8H2,1-4H3. The number of hydrogen-bond acceptors (Lipinski definition) is 4. The zero-order valence-corrected chi connectivity index (χ0v) is 15.1. The van der Waals surface area contributed by atoms with Gasteiger partial charge in [-0.15, -0.1) is 0 Å². The topological polar surface area (TPSA) is 51.0 Å². The summed E-state index contributed by atoms with van der Waals surface area (Å²) in [7, 11) is 0. The molecule has 0 aliphatic carbocycles. The second kappa shape index (κ2) is 9.06. The molecule has 0 saturated heterocycles. The highest BCUT2D eigenvalue weighted by Crippen LogP contribution is 2.30. The number of hydrogen-bond donors (Lipinski definition) is 0. The van der Waals surface area contributed by atoms with Gasteiger partial charge in [-0.3, -0.25) is 4.99 Å². The summed E-state index contributed by atoms with van der Waals surface area (Å²) >= 11 is 0. The van der Waals surface area contributed by atoms with Gasteiger partial charge in [0, 0.05) is 17.3 Å². The van der Waals surface area contributed by atoms with Gasteiger partial charge >= 0.3 is 0 Å². The molecule has 0 spiro atoms. The second-order valence-electron chi connectivity index (χ2n) is 5.77. The fourth-order valence-electron chi connectivity index (χ4n) is 2.75. The van der Waals surface area contributed by atoms with E-state index in [4.69, 9.17) is 4.99 Å². The molecule has 0 aliphatic heterocycles. The molecule has 1 heterocycles. The highest BCUT2D eigenvalue weighted by Gasteiger charge is 2.11. The predicted octanol–water partition coefficient (Wildman–Crippen LogP) is 5.25. The molecular weight excluding hydrogens is 296 g/mol. The van der Waals surface area contributed by atoms with Crippen LogP contribution >= 0.6 is 0 Å². The molecule has 126 valence electrons. The van der Waals surface area contributed by atoms with Crippen molar-refractivity contribution in [1.29, 1.82) is 0 Å². The fraction of sp³-hybridized carbons (Fsp3) is 0.400. The Bertz CT molecular complexity index is 718. The smallest absolute Gasteiger partial charge is 0.162 e. The molecule has 4 heteroatoms. The molecule has 24 heavy (non-hydrogen) atoms. The van der Waals surface area contributed by atoms with Gasteiger partial charge in [-0.05, 0) is 43.4 Å². The van der Waals surface area contributed by atoms with E-state index in [1.807, 2.05) is 6.21 Å². The zero-order valence-electron chi connectivity index (χ0n) is 15.1. The third kappa shape index (κ3) is 4.34. The van der Waals surface area contributed by atoms with E-state index >= 15 is 0 Å². The van der Waals surface area contributed by atoms with Gasteiger partial charge in [-0.2, -0.15) is 0 Å². The van der Waals surface area contributed by atoms with Crippen molar-refractivity contribution in [2.45, 2.75) is 53.4 Å². The van der Waals surface area contributed by atoms with Gasteiger partial charge in [0.15, 0.2) is 5.82 Å². The van der Waals surface area contributed by atoms with Crippen molar-refractivity contribution >= 4 is 11.9 Å². The Hall–Kier alpha value is -2.36. The van der Waals surface area contributed by atoms with Crippen LogP contribution in [0.2, 0.25) is 0 Å². The number of aryl methyl sites for hydroxylation is 1. The molecule has 1 aromatic carbocycles. The molecule has 0 amide bonds. The molecule has 0 saturated carbocycles. The summed E-state index contributed by atoms with van der Waals surface area (Å²) in [4.78, 5) is 17.1. The molecule has 2 rings (SSSR count). The van der Waals surface area contributed by atoms with Crippen molar-refractivity contribution in [3.05, 3.63) is 47.6 Å². The Labute approximate surface area is 144 Å². The third-order valence-electron chi connectivity index (χ3n) is 3.95. The van der Waals surface area contributed by atoms with E-state index in [1.54, 1.807) is 0 Å². The highest BCUT2D eigenvalue weighted by molar-refractivity contribution is 5.78. The van der Waals surface area contributed by atoms with Crippen LogP contribution in [0.25, 0.3) is 17.1 Å². The lowest BCUT2D eigenvalue weighted by Gasteiger charge is -2.14. The molecule has 0 aliphatic rings. The quantitative estimate of drug-likeness (QED) is 0.654. The maximum Gasteiger partial charge on any atom is 0.162 e. The molecule has 2 aromatic rings. The molecule has 4 nitrogen and oxygen atoms in total. The van der Waals surface area contributed by atoms with E-state index in [1.165, 1.54) is 29.4 Å². The van der Waals surface area contributed by atoms with Crippen LogP contribution in [0.1, 0.15) is 57.6 Å². The largest absolute Gasteiger partial charge is 0.261 e. The van der Waals surface area contributed by atoms with Crippen LogP contribution < -0.4 is 0 Å². The number of allylic oxidation sites excluding steroid dienone is 1. The van der Waals surface area contributed by atoms with Crippen molar-refractivity contribution in [3.63, 3.8) is 0 Å². The van der Waals surface area contributed by atoms with Crippen molar-refractivity contribution in [1.82, 2.24) is 15.0 Å². The molecular formula is C20H26N4. The van der Waals surface area contributed by atoms with Crippen LogP contribution in [-0.4, -0.2) is 21.2 Å². The molecule has 0 atom stereocenters. The molecule has 0 fully saturated rings. The fourth-order valence-corrected chi connectivity index (χ4v) is 2.75. The van der Waals surface area contributed by atoms with E-state index in [9.17, 15) is 0 Å². The monoisotopic (exact) mass is 322 g/mol. The van der Waals surface area contributed by atoms with Gasteiger partial charge < -0.3 is 0 Å². The summed E-state index contributed by atoms with van der Waals surface area (Å²) in [5.74, 6) is 0.700. The van der Waals surface area contributed by atoms with E-state index in [0.29, 0.717) is 5.82 Å². The second-order valence-corrected chi connectivity index (χ2v) is 5.77. The lowest BCUT2D eigenvalue weighted by atomic mass is 9.96. The maximum atomic E-state index is 4.78. The Morgan fingerprint density at radius 1 is 1.12 bits per heavy atom. The first kappa shape index (κ1) is 18.0. The minimum absolute atomic E-state index is 0.700. The predicted molar refractivity (Wildman–Crippen MR) is 101 cm³/mol. The molecule has 0 N–H and O–H groups in total. The van der Waals surface area contributed by atoms with Crippen LogP contribution in [0, 0.1) is 6.92 Å². The van der Waals surface area contributed by atoms with Gasteiger partial charge in [0.1, 0.15) is 12.7 Å². The lowest BCUT2D eigenvalue weighted by Crippen LogP contribution is -1.96. The number of aromatic nitrogens is 3. The minimum atomic E-state index is 0.700. The van der Waals surface area contributed by atoms with Gasteiger partial charge in [-0.25, -0.2) is 15.0 Å². The van der Waals surface area contributed by atoms with Crippen LogP contribution in [0.15, 0.2) is 41.4 Å². The van der Waals surface area contributed by atoms with Gasteiger partial charge in [0.25, 0.3) is 0 Å². The number of aliphatic imine (C=N–C) groups is 1. The first-order chi connectivity index (χ1) is 11.7. The minimum Gasteiger partial charge on any atom is -0.261 e. The summed E-state index contributed by atoms with van der Waals surface area (Å²) in [6, 6.07) is 6.34. The Morgan fingerprint density at radius 3 is 2.46 bits per heavy atom. The van der Waals surface area contributed by atoms with Crippen LogP contribution in [0.5, 0.6) is 0 Å². The zero-order chi connectivity index (χ0) is 17.4. The number of rotatable bonds is 7. The van der Waals surface area contributed by atoms with Crippen LogP contribution in [0.3, 0.4) is 0 Å². The summed E-state index contributed by atoms with van der Waals surface area (Å²) in [6.45, 7) is 8.67. The highest BCUT2D eigenvalue weighted by atomic mass is 15.0. The average molecular weight is 322 g/mol. The Balaban J connectivity index is 2.49. The van der Waals surface area contributed by atoms with Crippen LogP contribution in [0.4, 0.5) is 0 Å². The summed E-state index contributed by atoms with van der Waals surface area (Å²) in [5.41, 5.74) is 5.94. The first-order valence-electron chi connectivity index (χ1n) is 8.69. The Kier molecular flexibility index (Phi) is 6.79. The summed E-state index contributed by atoms with van der Waals surface area (Å²) < 4.78 is 0. The number of benzene rings is 1. The van der Waals surface area contributed by atoms with Crippen molar-refractivity contribution in [2.24, 2.45) is 4.99 Å². The van der Waals surface area contributed by atoms with Crippen molar-refractivity contribution in [2.75, 3.05) is 0 Å². The van der Waals surface area contributed by atoms with E-state index in [0.717, 1.165) is 36.9 Å². The summed E-state index contributed by atoms with van der Waals surface area (Å²) in [6.07, 6.45) is 9.24. The molecule has 0 bridgehead atoms. The van der Waals surface area contributed by atoms with Crippen LogP contribution in [-0.2, 0) is 0 Å². The van der Waals surface area contributed by atoms with Gasteiger partial charge in [0.05, 0.1) is 5.70 Å². The lowest BCUT2D eigenvalue weighted by molar-refractivity contribution is 0.858. The van der Waals surface area contributed by atoms with Gasteiger partial charge in [0.2, 0.25) is 0 Å². The Morgan fingerprint density at radius 2 is 1.88 bits per heavy atom. The number of nitrogens with zero attached hydrogens (tertiary/aromatic N) is 4. The third-order valence-corrected chi connectivity index (χ3v) is 3.95. The summed E-state index contributed by atoms with van der Waals surface area (Å²) in [5, 5.41) is 0. The molecule has 1 aromatic heterocycles. The SMILES string of the molecule is CCC=NC(=C(CC)CCC)c1ccc(-c2ncncn2)cc1C. The van der Waals surface area contributed by atoms with Gasteiger partial charge in [-0.1, -0.05) is 39.3 Å².